The summed E-state index contributed by atoms with van der Waals surface area (Å²) >= 11 is 6.08. The molecule has 0 unspecified atom stereocenters. The second kappa shape index (κ2) is 3.74. The van der Waals surface area contributed by atoms with Gasteiger partial charge < -0.3 is 9.84 Å². The molecule has 18 heavy (non-hydrogen) atoms. The van der Waals surface area contributed by atoms with Gasteiger partial charge in [-0.15, -0.1) is 0 Å². The summed E-state index contributed by atoms with van der Waals surface area (Å²) < 4.78 is 5.55. The molecule has 0 aliphatic carbocycles. The molecule has 0 saturated carbocycles. The van der Waals surface area contributed by atoms with Gasteiger partial charge in [0.15, 0.2) is 5.69 Å². The van der Waals surface area contributed by atoms with E-state index in [0.29, 0.717) is 22.0 Å². The van der Waals surface area contributed by atoms with Gasteiger partial charge in [0, 0.05) is 10.6 Å². The molecule has 2 heterocycles. The average Bonchev–Trinajstić information content (AvgIpc) is 2.75. The normalized spacial score (nSPS) is 12.6. The lowest BCUT2D eigenvalue weighted by molar-refractivity contribution is 0.0687. The summed E-state index contributed by atoms with van der Waals surface area (Å²) in [4.78, 5) is 11.0. The summed E-state index contributed by atoms with van der Waals surface area (Å²) in [7, 11) is 0. The molecule has 1 aromatic heterocycles. The third-order valence-electron chi connectivity index (χ3n) is 2.97. The topological polar surface area (TPSA) is 75.2 Å². The zero-order valence-corrected chi connectivity index (χ0v) is 10.2. The van der Waals surface area contributed by atoms with Crippen molar-refractivity contribution in [2.24, 2.45) is 0 Å². The number of carboxylic acid groups (broad SMARTS) is 1. The van der Waals surface area contributed by atoms with Gasteiger partial charge in [-0.1, -0.05) is 11.6 Å². The van der Waals surface area contributed by atoms with Crippen LogP contribution in [0.1, 0.15) is 21.6 Å². The molecule has 2 N–H and O–H groups in total. The van der Waals surface area contributed by atoms with Crippen LogP contribution >= 0.6 is 11.6 Å². The lowest BCUT2D eigenvalue weighted by atomic mass is 10.0. The Bertz CT molecular complexity index is 664. The Morgan fingerprint density at radius 3 is 3.06 bits per heavy atom. The van der Waals surface area contributed by atoms with E-state index in [2.05, 4.69) is 10.2 Å². The maximum Gasteiger partial charge on any atom is 0.356 e. The lowest BCUT2D eigenvalue weighted by Gasteiger charge is -2.18. The van der Waals surface area contributed by atoms with Crippen molar-refractivity contribution in [2.45, 2.75) is 13.5 Å². The summed E-state index contributed by atoms with van der Waals surface area (Å²) in [6.07, 6.45) is 0. The molecule has 6 heteroatoms. The highest BCUT2D eigenvalue weighted by molar-refractivity contribution is 6.31. The Morgan fingerprint density at radius 1 is 1.56 bits per heavy atom. The molecule has 0 atom stereocenters. The molecule has 0 spiro atoms. The fourth-order valence-electron chi connectivity index (χ4n) is 2.03. The van der Waals surface area contributed by atoms with Crippen LogP contribution in [0.5, 0.6) is 5.75 Å². The van der Waals surface area contributed by atoms with Crippen molar-refractivity contribution in [1.82, 2.24) is 10.2 Å². The first-order valence-electron chi connectivity index (χ1n) is 5.31. The fourth-order valence-corrected chi connectivity index (χ4v) is 2.19. The number of fused-ring (bicyclic) bond motifs is 3. The monoisotopic (exact) mass is 264 g/mol. The van der Waals surface area contributed by atoms with Crippen molar-refractivity contribution in [3.63, 3.8) is 0 Å². The summed E-state index contributed by atoms with van der Waals surface area (Å²) in [5.74, 6) is -0.386. The lowest BCUT2D eigenvalue weighted by Crippen LogP contribution is -2.09. The van der Waals surface area contributed by atoms with Crippen molar-refractivity contribution in [3.05, 3.63) is 34.0 Å². The number of halogens is 1. The van der Waals surface area contributed by atoms with Crippen molar-refractivity contribution in [1.29, 1.82) is 0 Å². The van der Waals surface area contributed by atoms with Gasteiger partial charge in [0.05, 0.1) is 11.3 Å². The SMILES string of the molecule is Cc1cc2c(cc1Cl)-c1[nH]nc(C(=O)O)c1CO2. The van der Waals surface area contributed by atoms with Crippen molar-refractivity contribution < 1.29 is 14.6 Å². The first-order valence-corrected chi connectivity index (χ1v) is 5.69. The standard InChI is InChI=1S/C12H9ClN2O3/c1-5-2-9-6(3-8(5)13)10-7(4-18-9)11(12(16)17)15-14-10/h2-3H,4H2,1H3,(H,14,15)(H,16,17). The molecule has 0 saturated heterocycles. The molecule has 3 rings (SSSR count). The predicted molar refractivity (Wildman–Crippen MR) is 65.1 cm³/mol. The Labute approximate surface area is 107 Å². The van der Waals surface area contributed by atoms with E-state index in [9.17, 15) is 4.79 Å². The van der Waals surface area contributed by atoms with Crippen LogP contribution in [0.25, 0.3) is 11.3 Å². The summed E-state index contributed by atoms with van der Waals surface area (Å²) in [6.45, 7) is 2.08. The van der Waals surface area contributed by atoms with Crippen LogP contribution in [0, 0.1) is 6.92 Å². The van der Waals surface area contributed by atoms with Gasteiger partial charge >= 0.3 is 5.97 Å². The number of aromatic nitrogens is 2. The van der Waals surface area contributed by atoms with Crippen LogP contribution in [0.2, 0.25) is 5.02 Å². The maximum absolute atomic E-state index is 11.0. The fraction of sp³-hybridized carbons (Fsp3) is 0.167. The number of ether oxygens (including phenoxy) is 1. The number of carbonyl (C=O) groups is 1. The molecule has 1 aliphatic rings. The Hall–Kier alpha value is -2.01. The van der Waals surface area contributed by atoms with Gasteiger partial charge in [0.1, 0.15) is 12.4 Å². The highest BCUT2D eigenvalue weighted by Crippen LogP contribution is 2.40. The molecular formula is C12H9ClN2O3. The van der Waals surface area contributed by atoms with E-state index in [0.717, 1.165) is 11.1 Å². The number of rotatable bonds is 1. The maximum atomic E-state index is 11.0. The number of aromatic amines is 1. The second-order valence-electron chi connectivity index (χ2n) is 4.12. The summed E-state index contributed by atoms with van der Waals surface area (Å²) in [5.41, 5.74) is 2.86. The smallest absolute Gasteiger partial charge is 0.356 e. The van der Waals surface area contributed by atoms with Crippen molar-refractivity contribution in [3.8, 4) is 17.0 Å². The van der Waals surface area contributed by atoms with Crippen LogP contribution in [-0.4, -0.2) is 21.3 Å². The number of aromatic carboxylic acids is 1. The van der Waals surface area contributed by atoms with Crippen LogP contribution in [0.15, 0.2) is 12.1 Å². The highest BCUT2D eigenvalue weighted by atomic mass is 35.5. The van der Waals surface area contributed by atoms with E-state index in [1.165, 1.54) is 0 Å². The number of H-pyrrole nitrogens is 1. The Kier molecular flexibility index (Phi) is 2.31. The third-order valence-corrected chi connectivity index (χ3v) is 3.38. The number of benzene rings is 1. The first kappa shape index (κ1) is 11.1. The van der Waals surface area contributed by atoms with E-state index < -0.39 is 5.97 Å². The molecule has 92 valence electrons. The number of nitrogens with zero attached hydrogens (tertiary/aromatic N) is 1. The van der Waals surface area contributed by atoms with Gasteiger partial charge in [-0.05, 0) is 24.6 Å². The number of nitrogens with one attached hydrogen (secondary N) is 1. The van der Waals surface area contributed by atoms with E-state index in [1.807, 2.05) is 13.0 Å². The summed E-state index contributed by atoms with van der Waals surface area (Å²) in [6, 6.07) is 3.59. The number of carboxylic acids is 1. The minimum Gasteiger partial charge on any atom is -0.488 e. The molecule has 1 aromatic carbocycles. The van der Waals surface area contributed by atoms with Crippen LogP contribution < -0.4 is 4.74 Å². The van der Waals surface area contributed by atoms with Gasteiger partial charge in [-0.3, -0.25) is 5.10 Å². The predicted octanol–water partition coefficient (Wildman–Crippen LogP) is 2.63. The van der Waals surface area contributed by atoms with Gasteiger partial charge in [0.2, 0.25) is 0 Å². The zero-order valence-electron chi connectivity index (χ0n) is 9.45. The minimum absolute atomic E-state index is 0.00709. The van der Waals surface area contributed by atoms with Crippen LogP contribution in [0.3, 0.4) is 0 Å². The first-order chi connectivity index (χ1) is 8.58. The molecule has 2 aromatic rings. The molecule has 0 amide bonds. The van der Waals surface area contributed by atoms with E-state index >= 15 is 0 Å². The second-order valence-corrected chi connectivity index (χ2v) is 4.52. The zero-order chi connectivity index (χ0) is 12.9. The van der Waals surface area contributed by atoms with Crippen LogP contribution in [0.4, 0.5) is 0 Å². The van der Waals surface area contributed by atoms with Gasteiger partial charge in [-0.2, -0.15) is 5.10 Å². The molecular weight excluding hydrogens is 256 g/mol. The molecule has 5 nitrogen and oxygen atoms in total. The molecule has 0 fully saturated rings. The minimum atomic E-state index is -1.07. The molecule has 0 radical (unpaired) electrons. The highest BCUT2D eigenvalue weighted by Gasteiger charge is 2.26. The largest absolute Gasteiger partial charge is 0.488 e. The van der Waals surface area contributed by atoms with E-state index in [1.54, 1.807) is 6.07 Å². The van der Waals surface area contributed by atoms with Crippen molar-refractivity contribution in [2.75, 3.05) is 0 Å². The Balaban J connectivity index is 2.23. The molecule has 0 bridgehead atoms. The van der Waals surface area contributed by atoms with Gasteiger partial charge in [0.25, 0.3) is 0 Å². The third kappa shape index (κ3) is 1.48. The van der Waals surface area contributed by atoms with Crippen molar-refractivity contribution >= 4 is 17.6 Å². The van der Waals surface area contributed by atoms with E-state index in [-0.39, 0.29) is 12.3 Å². The molecule has 1 aliphatic heterocycles. The van der Waals surface area contributed by atoms with Gasteiger partial charge in [-0.25, -0.2) is 4.79 Å². The van der Waals surface area contributed by atoms with E-state index in [4.69, 9.17) is 21.4 Å². The number of hydrogen-bond donors (Lipinski definition) is 2. The average molecular weight is 265 g/mol. The summed E-state index contributed by atoms with van der Waals surface area (Å²) in [5, 5.41) is 16.2. The Morgan fingerprint density at radius 2 is 2.33 bits per heavy atom. The number of hydrogen-bond acceptors (Lipinski definition) is 3. The number of aryl methyl sites for hydroxylation is 1. The quantitative estimate of drug-likeness (QED) is 0.830. The van der Waals surface area contributed by atoms with Crippen LogP contribution in [-0.2, 0) is 6.61 Å².